The van der Waals surface area contributed by atoms with Gasteiger partial charge in [-0.15, -0.1) is 0 Å². The van der Waals surface area contributed by atoms with Crippen LogP contribution in [-0.4, -0.2) is 19.7 Å². The van der Waals surface area contributed by atoms with Gasteiger partial charge in [-0.2, -0.15) is 0 Å². The molecule has 0 saturated heterocycles. The number of pyridine rings is 1. The molecule has 0 atom stereocenters. The zero-order valence-corrected chi connectivity index (χ0v) is 12.5. The second kappa shape index (κ2) is 5.30. The first-order chi connectivity index (χ1) is 10.1. The Morgan fingerprint density at radius 3 is 2.29 bits per heavy atom. The Labute approximate surface area is 124 Å². The maximum absolute atomic E-state index is 11.5. The normalized spacial score (nSPS) is 14.7. The fraction of sp³-hybridized carbons (Fsp3) is 0.118. The van der Waals surface area contributed by atoms with E-state index in [0.717, 1.165) is 28.8 Å². The van der Waals surface area contributed by atoms with E-state index in [-0.39, 0.29) is 0 Å². The van der Waals surface area contributed by atoms with Gasteiger partial charge in [-0.1, -0.05) is 30.4 Å². The van der Waals surface area contributed by atoms with Gasteiger partial charge in [0.25, 0.3) is 0 Å². The third-order valence-corrected chi connectivity index (χ3v) is 4.60. The molecule has 0 saturated carbocycles. The van der Waals surface area contributed by atoms with Gasteiger partial charge in [0, 0.05) is 18.0 Å². The fourth-order valence-corrected chi connectivity index (χ4v) is 3.06. The van der Waals surface area contributed by atoms with Crippen molar-refractivity contribution in [2.24, 2.45) is 0 Å². The van der Waals surface area contributed by atoms with E-state index in [1.807, 2.05) is 30.3 Å². The van der Waals surface area contributed by atoms with Crippen LogP contribution in [0.3, 0.4) is 0 Å². The number of aromatic nitrogens is 1. The second-order valence-electron chi connectivity index (χ2n) is 4.98. The monoisotopic (exact) mass is 297 g/mol. The first-order valence-corrected chi connectivity index (χ1v) is 8.57. The van der Waals surface area contributed by atoms with Gasteiger partial charge in [0.15, 0.2) is 9.84 Å². The zero-order chi connectivity index (χ0) is 14.9. The SMILES string of the molecule is CS(=O)(=O)c1ccc(C2=CCC=C2c2ccccn2)cc1. The molecule has 1 aromatic heterocycles. The molecule has 1 heterocycles. The number of allylic oxidation sites excluding steroid dienone is 4. The minimum Gasteiger partial charge on any atom is -0.256 e. The van der Waals surface area contributed by atoms with E-state index in [9.17, 15) is 8.42 Å². The molecule has 1 aromatic carbocycles. The topological polar surface area (TPSA) is 47.0 Å². The van der Waals surface area contributed by atoms with Gasteiger partial charge in [0.1, 0.15) is 0 Å². The lowest BCUT2D eigenvalue weighted by molar-refractivity contribution is 0.602. The van der Waals surface area contributed by atoms with Crippen LogP contribution < -0.4 is 0 Å². The number of sulfone groups is 1. The highest BCUT2D eigenvalue weighted by Crippen LogP contribution is 2.35. The summed E-state index contributed by atoms with van der Waals surface area (Å²) in [6.45, 7) is 0. The molecule has 0 unspecified atom stereocenters. The highest BCUT2D eigenvalue weighted by Gasteiger charge is 2.15. The maximum atomic E-state index is 11.5. The first-order valence-electron chi connectivity index (χ1n) is 6.68. The van der Waals surface area contributed by atoms with Crippen LogP contribution in [0.25, 0.3) is 11.1 Å². The van der Waals surface area contributed by atoms with Crippen molar-refractivity contribution in [1.82, 2.24) is 4.98 Å². The van der Waals surface area contributed by atoms with Crippen molar-refractivity contribution < 1.29 is 8.42 Å². The largest absolute Gasteiger partial charge is 0.256 e. The Kier molecular flexibility index (Phi) is 3.47. The zero-order valence-electron chi connectivity index (χ0n) is 11.7. The quantitative estimate of drug-likeness (QED) is 0.872. The predicted molar refractivity (Wildman–Crippen MR) is 84.4 cm³/mol. The van der Waals surface area contributed by atoms with Crippen molar-refractivity contribution in [1.29, 1.82) is 0 Å². The summed E-state index contributed by atoms with van der Waals surface area (Å²) in [5, 5.41) is 0. The van der Waals surface area contributed by atoms with E-state index in [2.05, 4.69) is 17.1 Å². The third-order valence-electron chi connectivity index (χ3n) is 3.47. The van der Waals surface area contributed by atoms with Crippen LogP contribution in [0.15, 0.2) is 65.7 Å². The summed E-state index contributed by atoms with van der Waals surface area (Å²) < 4.78 is 23.0. The van der Waals surface area contributed by atoms with Gasteiger partial charge in [-0.05, 0) is 41.8 Å². The molecule has 2 aromatic rings. The maximum Gasteiger partial charge on any atom is 0.175 e. The van der Waals surface area contributed by atoms with Crippen molar-refractivity contribution in [3.8, 4) is 0 Å². The van der Waals surface area contributed by atoms with E-state index < -0.39 is 9.84 Å². The lowest BCUT2D eigenvalue weighted by Gasteiger charge is -2.09. The molecular weight excluding hydrogens is 282 g/mol. The molecule has 0 fully saturated rings. The fourth-order valence-electron chi connectivity index (χ4n) is 2.43. The van der Waals surface area contributed by atoms with E-state index in [0.29, 0.717) is 4.90 Å². The van der Waals surface area contributed by atoms with Gasteiger partial charge >= 0.3 is 0 Å². The second-order valence-corrected chi connectivity index (χ2v) is 7.00. The Morgan fingerprint density at radius 2 is 1.67 bits per heavy atom. The summed E-state index contributed by atoms with van der Waals surface area (Å²) in [5.74, 6) is 0. The molecule has 1 aliphatic carbocycles. The van der Waals surface area contributed by atoms with Crippen molar-refractivity contribution in [3.63, 3.8) is 0 Å². The lowest BCUT2D eigenvalue weighted by Crippen LogP contribution is -1.97. The number of hydrogen-bond donors (Lipinski definition) is 0. The number of nitrogens with zero attached hydrogens (tertiary/aromatic N) is 1. The van der Waals surface area contributed by atoms with Crippen LogP contribution >= 0.6 is 0 Å². The predicted octanol–water partition coefficient (Wildman–Crippen LogP) is 3.36. The average molecular weight is 297 g/mol. The molecule has 0 aliphatic heterocycles. The van der Waals surface area contributed by atoms with Crippen LogP contribution in [-0.2, 0) is 9.84 Å². The Hall–Kier alpha value is -2.20. The van der Waals surface area contributed by atoms with Gasteiger partial charge in [-0.3, -0.25) is 4.98 Å². The van der Waals surface area contributed by atoms with E-state index in [1.54, 1.807) is 18.3 Å². The summed E-state index contributed by atoms with van der Waals surface area (Å²) in [7, 11) is -3.16. The van der Waals surface area contributed by atoms with Gasteiger partial charge < -0.3 is 0 Å². The Bertz CT molecular complexity index is 817. The molecule has 3 rings (SSSR count). The minimum absolute atomic E-state index is 0.341. The van der Waals surface area contributed by atoms with Gasteiger partial charge in [-0.25, -0.2) is 8.42 Å². The van der Waals surface area contributed by atoms with Crippen LogP contribution in [0, 0.1) is 0 Å². The minimum atomic E-state index is -3.16. The first kappa shape index (κ1) is 13.8. The summed E-state index contributed by atoms with van der Waals surface area (Å²) in [5.41, 5.74) is 4.15. The number of rotatable bonds is 3. The van der Waals surface area contributed by atoms with Crippen LogP contribution in [0.4, 0.5) is 0 Å². The molecule has 0 N–H and O–H groups in total. The molecule has 4 heteroatoms. The Morgan fingerprint density at radius 1 is 0.952 bits per heavy atom. The lowest BCUT2D eigenvalue weighted by atomic mass is 9.98. The van der Waals surface area contributed by atoms with Gasteiger partial charge in [0.05, 0.1) is 10.6 Å². The summed E-state index contributed by atoms with van der Waals surface area (Å²) in [6.07, 6.45) is 8.14. The van der Waals surface area contributed by atoms with Crippen LogP contribution in [0.5, 0.6) is 0 Å². The smallest absolute Gasteiger partial charge is 0.175 e. The summed E-state index contributed by atoms with van der Waals surface area (Å²) in [6, 6.07) is 12.8. The number of hydrogen-bond acceptors (Lipinski definition) is 3. The molecule has 0 radical (unpaired) electrons. The van der Waals surface area contributed by atoms with E-state index in [4.69, 9.17) is 0 Å². The van der Waals surface area contributed by atoms with Crippen LogP contribution in [0.1, 0.15) is 17.7 Å². The molecule has 0 spiro atoms. The highest BCUT2D eigenvalue weighted by molar-refractivity contribution is 7.90. The average Bonchev–Trinajstić information content (AvgIpc) is 2.97. The highest BCUT2D eigenvalue weighted by atomic mass is 32.2. The van der Waals surface area contributed by atoms with Gasteiger partial charge in [0.2, 0.25) is 0 Å². The summed E-state index contributed by atoms with van der Waals surface area (Å²) >= 11 is 0. The molecular formula is C17H15NO2S. The molecule has 3 nitrogen and oxygen atoms in total. The molecule has 0 bridgehead atoms. The molecule has 21 heavy (non-hydrogen) atoms. The van der Waals surface area contributed by atoms with Crippen molar-refractivity contribution >= 4 is 21.0 Å². The van der Waals surface area contributed by atoms with Crippen molar-refractivity contribution in [2.45, 2.75) is 11.3 Å². The standard InChI is InChI=1S/C17H15NO2S/c1-21(19,20)14-10-8-13(9-11-14)15-5-4-6-16(15)17-7-2-3-12-18-17/h2-3,5-12H,4H2,1H3. The third kappa shape index (κ3) is 2.81. The molecule has 0 amide bonds. The summed E-state index contributed by atoms with van der Waals surface area (Å²) in [4.78, 5) is 4.73. The van der Waals surface area contributed by atoms with Crippen molar-refractivity contribution in [3.05, 3.63) is 72.1 Å². The molecule has 1 aliphatic rings. The Balaban J connectivity index is 1.96. The van der Waals surface area contributed by atoms with Crippen LogP contribution in [0.2, 0.25) is 0 Å². The molecule has 106 valence electrons. The number of benzene rings is 1. The van der Waals surface area contributed by atoms with E-state index >= 15 is 0 Å². The van der Waals surface area contributed by atoms with E-state index in [1.165, 1.54) is 6.26 Å². The van der Waals surface area contributed by atoms with Crippen molar-refractivity contribution in [2.75, 3.05) is 6.26 Å².